The Morgan fingerprint density at radius 1 is 1.26 bits per heavy atom. The SMILES string of the molecule is Cc1cc(Br)ccc1OCC(=O)NNC(=S)NC(=O)C(C)(C)C. The topological polar surface area (TPSA) is 79.5 Å². The second-order valence-electron chi connectivity index (χ2n) is 5.90. The summed E-state index contributed by atoms with van der Waals surface area (Å²) in [7, 11) is 0. The third-order valence-electron chi connectivity index (χ3n) is 2.72. The number of thiocarbonyl (C=S) groups is 1. The Bertz CT molecular complexity index is 614. The molecule has 23 heavy (non-hydrogen) atoms. The lowest BCUT2D eigenvalue weighted by molar-refractivity contribution is -0.127. The summed E-state index contributed by atoms with van der Waals surface area (Å²) in [6.45, 7) is 6.99. The van der Waals surface area contributed by atoms with Gasteiger partial charge in [-0.15, -0.1) is 0 Å². The fraction of sp³-hybridized carbons (Fsp3) is 0.400. The number of ether oxygens (including phenoxy) is 1. The summed E-state index contributed by atoms with van der Waals surface area (Å²) in [5, 5.41) is 2.51. The smallest absolute Gasteiger partial charge is 0.276 e. The van der Waals surface area contributed by atoms with E-state index in [1.807, 2.05) is 19.1 Å². The first kappa shape index (κ1) is 19.4. The first-order valence-electron chi connectivity index (χ1n) is 6.89. The normalized spacial score (nSPS) is 10.7. The van der Waals surface area contributed by atoms with Crippen LogP contribution in [0.2, 0.25) is 0 Å². The average Bonchev–Trinajstić information content (AvgIpc) is 2.43. The maximum absolute atomic E-state index is 11.7. The van der Waals surface area contributed by atoms with Crippen LogP contribution in [-0.4, -0.2) is 23.5 Å². The van der Waals surface area contributed by atoms with Crippen molar-refractivity contribution in [1.29, 1.82) is 0 Å². The van der Waals surface area contributed by atoms with Crippen molar-refractivity contribution in [2.75, 3.05) is 6.61 Å². The Hall–Kier alpha value is -1.67. The second-order valence-corrected chi connectivity index (χ2v) is 7.23. The van der Waals surface area contributed by atoms with Crippen LogP contribution in [0.4, 0.5) is 0 Å². The van der Waals surface area contributed by atoms with Gasteiger partial charge in [-0.1, -0.05) is 36.7 Å². The van der Waals surface area contributed by atoms with Crippen molar-refractivity contribution >= 4 is 45.1 Å². The highest BCUT2D eigenvalue weighted by Crippen LogP contribution is 2.21. The summed E-state index contributed by atoms with van der Waals surface area (Å²) in [4.78, 5) is 23.4. The molecule has 0 radical (unpaired) electrons. The lowest BCUT2D eigenvalue weighted by Crippen LogP contribution is -2.51. The van der Waals surface area contributed by atoms with Crippen molar-refractivity contribution in [3.63, 3.8) is 0 Å². The van der Waals surface area contributed by atoms with Crippen LogP contribution in [0.5, 0.6) is 5.75 Å². The van der Waals surface area contributed by atoms with E-state index >= 15 is 0 Å². The molecule has 6 nitrogen and oxygen atoms in total. The molecule has 1 rings (SSSR count). The first-order chi connectivity index (χ1) is 10.6. The van der Waals surface area contributed by atoms with E-state index in [1.165, 1.54) is 0 Å². The minimum atomic E-state index is -0.571. The van der Waals surface area contributed by atoms with Crippen LogP contribution in [0.25, 0.3) is 0 Å². The summed E-state index contributed by atoms with van der Waals surface area (Å²) >= 11 is 8.28. The number of hydrogen-bond donors (Lipinski definition) is 3. The van der Waals surface area contributed by atoms with E-state index in [0.29, 0.717) is 5.75 Å². The van der Waals surface area contributed by atoms with Crippen LogP contribution in [0.15, 0.2) is 22.7 Å². The molecule has 0 atom stereocenters. The highest BCUT2D eigenvalue weighted by Gasteiger charge is 2.22. The molecule has 0 saturated carbocycles. The second kappa shape index (κ2) is 8.26. The molecular formula is C15H20BrN3O3S. The molecule has 3 N–H and O–H groups in total. The van der Waals surface area contributed by atoms with Gasteiger partial charge < -0.3 is 10.1 Å². The minimum absolute atomic E-state index is 0.0260. The molecule has 0 heterocycles. The fourth-order valence-electron chi connectivity index (χ4n) is 1.40. The number of rotatable bonds is 3. The van der Waals surface area contributed by atoms with Gasteiger partial charge in [-0.3, -0.25) is 20.4 Å². The average molecular weight is 402 g/mol. The van der Waals surface area contributed by atoms with Crippen LogP contribution in [0, 0.1) is 12.3 Å². The largest absolute Gasteiger partial charge is 0.483 e. The molecule has 0 spiro atoms. The lowest BCUT2D eigenvalue weighted by atomic mass is 9.96. The summed E-state index contributed by atoms with van der Waals surface area (Å²) < 4.78 is 6.36. The molecule has 8 heteroatoms. The fourth-order valence-corrected chi connectivity index (χ4v) is 2.02. The number of hydrazine groups is 1. The van der Waals surface area contributed by atoms with Gasteiger partial charge in [0.05, 0.1) is 0 Å². The summed E-state index contributed by atoms with van der Waals surface area (Å²) in [6.07, 6.45) is 0. The molecule has 0 aliphatic heterocycles. The van der Waals surface area contributed by atoms with E-state index in [1.54, 1.807) is 26.8 Å². The molecular weight excluding hydrogens is 382 g/mol. The van der Waals surface area contributed by atoms with E-state index in [4.69, 9.17) is 17.0 Å². The van der Waals surface area contributed by atoms with Crippen molar-refractivity contribution in [1.82, 2.24) is 16.2 Å². The third kappa shape index (κ3) is 6.96. The van der Waals surface area contributed by atoms with Crippen molar-refractivity contribution in [3.8, 4) is 5.75 Å². The summed E-state index contributed by atoms with van der Waals surface area (Å²) in [5.74, 6) is -0.0439. The Kier molecular flexibility index (Phi) is 6.96. The standard InChI is InChI=1S/C15H20BrN3O3S/c1-9-7-10(16)5-6-11(9)22-8-12(20)18-19-14(23)17-13(21)15(2,3)4/h5-7H,8H2,1-4H3,(H,18,20)(H2,17,19,21,23). The number of aryl methyl sites for hydroxylation is 1. The monoisotopic (exact) mass is 401 g/mol. The minimum Gasteiger partial charge on any atom is -0.483 e. The van der Waals surface area contributed by atoms with Crippen molar-refractivity contribution < 1.29 is 14.3 Å². The predicted molar refractivity (Wildman–Crippen MR) is 95.8 cm³/mol. The van der Waals surface area contributed by atoms with Gasteiger partial charge in [0.15, 0.2) is 11.7 Å². The Morgan fingerprint density at radius 3 is 2.48 bits per heavy atom. The zero-order chi connectivity index (χ0) is 17.6. The van der Waals surface area contributed by atoms with Crippen LogP contribution < -0.4 is 20.9 Å². The molecule has 126 valence electrons. The van der Waals surface area contributed by atoms with Gasteiger partial charge >= 0.3 is 0 Å². The lowest BCUT2D eigenvalue weighted by Gasteiger charge is -2.18. The maximum atomic E-state index is 11.7. The molecule has 0 fully saturated rings. The van der Waals surface area contributed by atoms with Crippen LogP contribution in [0.1, 0.15) is 26.3 Å². The highest BCUT2D eigenvalue weighted by molar-refractivity contribution is 9.10. The van der Waals surface area contributed by atoms with Gasteiger partial charge in [-0.25, -0.2) is 0 Å². The molecule has 1 aromatic carbocycles. The van der Waals surface area contributed by atoms with Gasteiger partial charge in [0.2, 0.25) is 5.91 Å². The zero-order valence-corrected chi connectivity index (χ0v) is 15.9. The van der Waals surface area contributed by atoms with E-state index in [9.17, 15) is 9.59 Å². The third-order valence-corrected chi connectivity index (χ3v) is 3.42. The van der Waals surface area contributed by atoms with Gasteiger partial charge in [0, 0.05) is 9.89 Å². The number of carbonyl (C=O) groups excluding carboxylic acids is 2. The Labute approximate surface area is 149 Å². The molecule has 0 aromatic heterocycles. The summed E-state index contributed by atoms with van der Waals surface area (Å²) in [5.41, 5.74) is 5.16. The number of amides is 2. The molecule has 2 amide bonds. The molecule has 0 unspecified atom stereocenters. The molecule has 0 saturated heterocycles. The van der Waals surface area contributed by atoms with Crippen LogP contribution in [0.3, 0.4) is 0 Å². The highest BCUT2D eigenvalue weighted by atomic mass is 79.9. The number of halogens is 1. The van der Waals surface area contributed by atoms with Crippen LogP contribution in [-0.2, 0) is 9.59 Å². The van der Waals surface area contributed by atoms with Gasteiger partial charge in [-0.2, -0.15) is 0 Å². The quantitative estimate of drug-likeness (QED) is 0.534. The number of carbonyl (C=O) groups is 2. The number of nitrogens with one attached hydrogen (secondary N) is 3. The maximum Gasteiger partial charge on any atom is 0.276 e. The Morgan fingerprint density at radius 2 is 1.91 bits per heavy atom. The predicted octanol–water partition coefficient (Wildman–Crippen LogP) is 2.20. The molecule has 0 aliphatic rings. The van der Waals surface area contributed by atoms with Crippen LogP contribution >= 0.6 is 28.1 Å². The van der Waals surface area contributed by atoms with E-state index in [2.05, 4.69) is 32.1 Å². The van der Waals surface area contributed by atoms with Gasteiger partial charge in [-0.05, 0) is 42.9 Å². The van der Waals surface area contributed by atoms with Gasteiger partial charge in [0.1, 0.15) is 5.75 Å². The molecule has 1 aromatic rings. The number of benzene rings is 1. The van der Waals surface area contributed by atoms with E-state index < -0.39 is 11.3 Å². The van der Waals surface area contributed by atoms with Crippen molar-refractivity contribution in [2.45, 2.75) is 27.7 Å². The van der Waals surface area contributed by atoms with Crippen molar-refractivity contribution in [2.24, 2.45) is 5.41 Å². The summed E-state index contributed by atoms with van der Waals surface area (Å²) in [6, 6.07) is 5.49. The zero-order valence-electron chi connectivity index (χ0n) is 13.5. The van der Waals surface area contributed by atoms with Gasteiger partial charge in [0.25, 0.3) is 5.91 Å². The van der Waals surface area contributed by atoms with E-state index in [-0.39, 0.29) is 17.6 Å². The Balaban J connectivity index is 2.37. The number of hydrogen-bond acceptors (Lipinski definition) is 4. The molecule has 0 bridgehead atoms. The molecule has 0 aliphatic carbocycles. The van der Waals surface area contributed by atoms with Crippen molar-refractivity contribution in [3.05, 3.63) is 28.2 Å². The van der Waals surface area contributed by atoms with E-state index in [0.717, 1.165) is 10.0 Å². The first-order valence-corrected chi connectivity index (χ1v) is 8.09.